The Morgan fingerprint density at radius 2 is 1.67 bits per heavy atom. The number of hydrogen-bond donors (Lipinski definition) is 1. The average Bonchev–Trinajstić information content (AvgIpc) is 2.63. The SMILES string of the molecule is Cc1cc2ccccc2nc1N1CCC(Nc2ccccc2)CC1. The van der Waals surface area contributed by atoms with Gasteiger partial charge in [0.15, 0.2) is 0 Å². The van der Waals surface area contributed by atoms with Crippen molar-refractivity contribution in [2.24, 2.45) is 0 Å². The number of aromatic nitrogens is 1. The van der Waals surface area contributed by atoms with Crippen molar-refractivity contribution in [3.63, 3.8) is 0 Å². The van der Waals surface area contributed by atoms with E-state index in [1.807, 2.05) is 0 Å². The zero-order chi connectivity index (χ0) is 16.4. The molecule has 122 valence electrons. The van der Waals surface area contributed by atoms with Gasteiger partial charge in [0.1, 0.15) is 5.82 Å². The summed E-state index contributed by atoms with van der Waals surface area (Å²) in [5, 5.41) is 4.87. The number of rotatable bonds is 3. The molecule has 4 rings (SSSR count). The highest BCUT2D eigenvalue weighted by Gasteiger charge is 2.21. The number of fused-ring (bicyclic) bond motifs is 1. The molecule has 0 bridgehead atoms. The molecule has 0 spiro atoms. The Morgan fingerprint density at radius 3 is 2.46 bits per heavy atom. The van der Waals surface area contributed by atoms with Crippen LogP contribution in [0.1, 0.15) is 18.4 Å². The number of nitrogens with one attached hydrogen (secondary N) is 1. The normalized spacial score (nSPS) is 15.6. The largest absolute Gasteiger partial charge is 0.382 e. The zero-order valence-electron chi connectivity index (χ0n) is 14.1. The fourth-order valence-corrected chi connectivity index (χ4v) is 3.54. The number of anilines is 2. The minimum atomic E-state index is 0.546. The molecule has 3 nitrogen and oxygen atoms in total. The lowest BCUT2D eigenvalue weighted by atomic mass is 10.0. The van der Waals surface area contributed by atoms with Crippen LogP contribution in [-0.4, -0.2) is 24.1 Å². The van der Waals surface area contributed by atoms with Gasteiger partial charge >= 0.3 is 0 Å². The van der Waals surface area contributed by atoms with E-state index in [2.05, 4.69) is 77.8 Å². The first-order valence-corrected chi connectivity index (χ1v) is 8.72. The van der Waals surface area contributed by atoms with Crippen LogP contribution in [-0.2, 0) is 0 Å². The molecule has 0 aliphatic carbocycles. The van der Waals surface area contributed by atoms with Crippen molar-refractivity contribution in [2.75, 3.05) is 23.3 Å². The van der Waals surface area contributed by atoms with Gasteiger partial charge in [-0.25, -0.2) is 4.98 Å². The predicted molar refractivity (Wildman–Crippen MR) is 102 cm³/mol. The van der Waals surface area contributed by atoms with E-state index in [0.29, 0.717) is 6.04 Å². The average molecular weight is 317 g/mol. The smallest absolute Gasteiger partial charge is 0.132 e. The number of piperidine rings is 1. The Morgan fingerprint density at radius 1 is 0.958 bits per heavy atom. The van der Waals surface area contributed by atoms with Crippen LogP contribution in [0.25, 0.3) is 10.9 Å². The van der Waals surface area contributed by atoms with E-state index in [0.717, 1.165) is 37.3 Å². The highest BCUT2D eigenvalue weighted by molar-refractivity contribution is 5.81. The van der Waals surface area contributed by atoms with Crippen molar-refractivity contribution >= 4 is 22.4 Å². The first-order valence-electron chi connectivity index (χ1n) is 8.72. The van der Waals surface area contributed by atoms with Crippen LogP contribution in [0.3, 0.4) is 0 Å². The highest BCUT2D eigenvalue weighted by atomic mass is 15.2. The number of aryl methyl sites for hydroxylation is 1. The van der Waals surface area contributed by atoms with Gasteiger partial charge in [0, 0.05) is 30.2 Å². The third-order valence-corrected chi connectivity index (χ3v) is 4.83. The second kappa shape index (κ2) is 6.52. The van der Waals surface area contributed by atoms with Crippen molar-refractivity contribution in [2.45, 2.75) is 25.8 Å². The van der Waals surface area contributed by atoms with E-state index in [1.54, 1.807) is 0 Å². The molecule has 2 heterocycles. The molecular weight excluding hydrogens is 294 g/mol. The summed E-state index contributed by atoms with van der Waals surface area (Å²) in [4.78, 5) is 7.35. The molecule has 1 aromatic heterocycles. The van der Waals surface area contributed by atoms with Gasteiger partial charge in [-0.2, -0.15) is 0 Å². The van der Waals surface area contributed by atoms with Gasteiger partial charge in [0.2, 0.25) is 0 Å². The fraction of sp³-hybridized carbons (Fsp3) is 0.286. The molecule has 3 heteroatoms. The molecule has 0 unspecified atom stereocenters. The minimum Gasteiger partial charge on any atom is -0.382 e. The van der Waals surface area contributed by atoms with Crippen LogP contribution in [0.15, 0.2) is 60.7 Å². The van der Waals surface area contributed by atoms with Crippen LogP contribution in [0.5, 0.6) is 0 Å². The molecule has 3 aromatic rings. The van der Waals surface area contributed by atoms with Crippen molar-refractivity contribution in [1.82, 2.24) is 4.98 Å². The molecule has 2 aromatic carbocycles. The molecule has 1 aliphatic heterocycles. The Hall–Kier alpha value is -2.55. The van der Waals surface area contributed by atoms with Crippen LogP contribution in [0.2, 0.25) is 0 Å². The quantitative estimate of drug-likeness (QED) is 0.764. The van der Waals surface area contributed by atoms with Gasteiger partial charge in [-0.3, -0.25) is 0 Å². The van der Waals surface area contributed by atoms with Crippen LogP contribution in [0.4, 0.5) is 11.5 Å². The molecule has 0 saturated carbocycles. The second-order valence-electron chi connectivity index (χ2n) is 6.59. The summed E-state index contributed by atoms with van der Waals surface area (Å²) in [5.41, 5.74) is 3.57. The molecule has 1 aliphatic rings. The van der Waals surface area contributed by atoms with E-state index in [4.69, 9.17) is 4.98 Å². The summed E-state index contributed by atoms with van der Waals surface area (Å²) in [6.07, 6.45) is 2.28. The van der Waals surface area contributed by atoms with Crippen molar-refractivity contribution in [3.05, 3.63) is 66.2 Å². The molecule has 1 saturated heterocycles. The van der Waals surface area contributed by atoms with E-state index in [9.17, 15) is 0 Å². The first kappa shape index (κ1) is 15.0. The monoisotopic (exact) mass is 317 g/mol. The zero-order valence-corrected chi connectivity index (χ0v) is 14.1. The van der Waals surface area contributed by atoms with E-state index < -0.39 is 0 Å². The maximum absolute atomic E-state index is 4.91. The molecule has 24 heavy (non-hydrogen) atoms. The van der Waals surface area contributed by atoms with Gasteiger partial charge < -0.3 is 10.2 Å². The summed E-state index contributed by atoms with van der Waals surface area (Å²) in [7, 11) is 0. The molecule has 1 fully saturated rings. The number of para-hydroxylation sites is 2. The van der Waals surface area contributed by atoms with Crippen LogP contribution in [0, 0.1) is 6.92 Å². The van der Waals surface area contributed by atoms with Crippen molar-refractivity contribution < 1.29 is 0 Å². The lowest BCUT2D eigenvalue weighted by molar-refractivity contribution is 0.523. The molecule has 0 atom stereocenters. The lowest BCUT2D eigenvalue weighted by Crippen LogP contribution is -2.39. The molecule has 1 N–H and O–H groups in total. The number of benzene rings is 2. The third-order valence-electron chi connectivity index (χ3n) is 4.83. The Bertz CT molecular complexity index is 821. The summed E-state index contributed by atoms with van der Waals surface area (Å²) < 4.78 is 0. The lowest BCUT2D eigenvalue weighted by Gasteiger charge is -2.34. The van der Waals surface area contributed by atoms with E-state index in [1.165, 1.54) is 16.6 Å². The van der Waals surface area contributed by atoms with E-state index in [-0.39, 0.29) is 0 Å². The summed E-state index contributed by atoms with van der Waals surface area (Å²) in [6, 6.07) is 21.7. The van der Waals surface area contributed by atoms with E-state index >= 15 is 0 Å². The number of nitrogens with zero attached hydrogens (tertiary/aromatic N) is 2. The van der Waals surface area contributed by atoms with Crippen LogP contribution < -0.4 is 10.2 Å². The van der Waals surface area contributed by atoms with Crippen molar-refractivity contribution in [3.8, 4) is 0 Å². The second-order valence-corrected chi connectivity index (χ2v) is 6.59. The topological polar surface area (TPSA) is 28.2 Å². The predicted octanol–water partition coefficient (Wildman–Crippen LogP) is 4.62. The fourth-order valence-electron chi connectivity index (χ4n) is 3.54. The van der Waals surface area contributed by atoms with Gasteiger partial charge in [-0.05, 0) is 49.6 Å². The maximum atomic E-state index is 4.91. The van der Waals surface area contributed by atoms with Gasteiger partial charge in [-0.15, -0.1) is 0 Å². The standard InChI is InChI=1S/C21H23N3/c1-16-15-17-7-5-6-10-20(17)23-21(16)24-13-11-19(12-14-24)22-18-8-3-2-4-9-18/h2-10,15,19,22H,11-14H2,1H3. The van der Waals surface area contributed by atoms with Crippen LogP contribution >= 0.6 is 0 Å². The third kappa shape index (κ3) is 3.07. The van der Waals surface area contributed by atoms with Gasteiger partial charge in [0.05, 0.1) is 5.52 Å². The molecular formula is C21H23N3. The summed E-state index contributed by atoms with van der Waals surface area (Å²) in [6.45, 7) is 4.27. The molecule has 0 amide bonds. The maximum Gasteiger partial charge on any atom is 0.132 e. The number of pyridine rings is 1. The summed E-state index contributed by atoms with van der Waals surface area (Å²) in [5.74, 6) is 1.15. The minimum absolute atomic E-state index is 0.546. The number of hydrogen-bond acceptors (Lipinski definition) is 3. The summed E-state index contributed by atoms with van der Waals surface area (Å²) >= 11 is 0. The van der Waals surface area contributed by atoms with Gasteiger partial charge in [0.25, 0.3) is 0 Å². The Kier molecular flexibility index (Phi) is 4.08. The highest BCUT2D eigenvalue weighted by Crippen LogP contribution is 2.26. The van der Waals surface area contributed by atoms with Gasteiger partial charge in [-0.1, -0.05) is 36.4 Å². The van der Waals surface area contributed by atoms with Crippen molar-refractivity contribution in [1.29, 1.82) is 0 Å². The Labute approximate surface area is 143 Å². The molecule has 0 radical (unpaired) electrons. The Balaban J connectivity index is 1.47. The first-order chi connectivity index (χ1) is 11.8.